The molecule has 2 aromatic carbocycles. The lowest BCUT2D eigenvalue weighted by Crippen LogP contribution is -2.48. The van der Waals surface area contributed by atoms with Gasteiger partial charge in [0.2, 0.25) is 5.91 Å². The molecule has 25 heavy (non-hydrogen) atoms. The van der Waals surface area contributed by atoms with Crippen molar-refractivity contribution in [2.75, 3.05) is 6.54 Å². The van der Waals surface area contributed by atoms with Crippen molar-refractivity contribution in [2.24, 2.45) is 4.99 Å². The minimum Gasteiger partial charge on any atom is -0.549 e. The monoisotopic (exact) mass is 353 g/mol. The summed E-state index contributed by atoms with van der Waals surface area (Å²) < 4.78 is 0. The highest BCUT2D eigenvalue weighted by molar-refractivity contribution is 8.15. The maximum absolute atomic E-state index is 12.5. The van der Waals surface area contributed by atoms with E-state index in [9.17, 15) is 14.7 Å². The van der Waals surface area contributed by atoms with Gasteiger partial charge in [-0.3, -0.25) is 9.69 Å². The summed E-state index contributed by atoms with van der Waals surface area (Å²) in [4.78, 5) is 29.8. The van der Waals surface area contributed by atoms with Crippen LogP contribution in [0.5, 0.6) is 0 Å². The van der Waals surface area contributed by atoms with Crippen LogP contribution >= 0.6 is 11.8 Å². The van der Waals surface area contributed by atoms with Crippen LogP contribution in [0.2, 0.25) is 0 Å². The first-order valence-electron chi connectivity index (χ1n) is 7.99. The number of benzene rings is 2. The quantitative estimate of drug-likeness (QED) is 0.824. The van der Waals surface area contributed by atoms with Gasteiger partial charge in [0.25, 0.3) is 0 Å². The molecule has 0 N–H and O–H groups in total. The maximum Gasteiger partial charge on any atom is 0.230 e. The van der Waals surface area contributed by atoms with Crippen molar-refractivity contribution < 1.29 is 14.7 Å². The zero-order chi connectivity index (χ0) is 17.6. The van der Waals surface area contributed by atoms with Gasteiger partial charge < -0.3 is 9.90 Å². The van der Waals surface area contributed by atoms with Gasteiger partial charge >= 0.3 is 0 Å². The molecule has 0 aliphatic carbocycles. The fourth-order valence-electron chi connectivity index (χ4n) is 2.55. The van der Waals surface area contributed by atoms with E-state index in [4.69, 9.17) is 0 Å². The van der Waals surface area contributed by atoms with Crippen LogP contribution in [0.4, 0.5) is 5.69 Å². The van der Waals surface area contributed by atoms with Crippen molar-refractivity contribution in [3.05, 3.63) is 66.2 Å². The van der Waals surface area contributed by atoms with Gasteiger partial charge in [0.1, 0.15) is 0 Å². The van der Waals surface area contributed by atoms with Gasteiger partial charge in [0, 0.05) is 13.0 Å². The Balaban J connectivity index is 1.83. The van der Waals surface area contributed by atoms with Crippen molar-refractivity contribution in [1.29, 1.82) is 0 Å². The molecule has 0 bridgehead atoms. The molecule has 0 unspecified atom stereocenters. The minimum absolute atomic E-state index is 0.0738. The number of amides is 1. The molecule has 6 heteroatoms. The summed E-state index contributed by atoms with van der Waals surface area (Å²) in [6, 6.07) is 19.0. The van der Waals surface area contributed by atoms with E-state index in [0.717, 1.165) is 17.3 Å². The number of para-hydroxylation sites is 1. The molecule has 1 amide bonds. The lowest BCUT2D eigenvalue weighted by molar-refractivity contribution is -0.304. The molecule has 0 aromatic heterocycles. The first-order chi connectivity index (χ1) is 12.1. The highest BCUT2D eigenvalue weighted by Crippen LogP contribution is 2.28. The number of nitrogens with zero attached hydrogens (tertiary/aromatic N) is 2. The second-order valence-electron chi connectivity index (χ2n) is 5.64. The number of amidine groups is 1. The molecule has 0 saturated carbocycles. The van der Waals surface area contributed by atoms with Crippen molar-refractivity contribution in [2.45, 2.75) is 18.1 Å². The Morgan fingerprint density at radius 2 is 1.76 bits per heavy atom. The molecule has 0 radical (unpaired) electrons. The summed E-state index contributed by atoms with van der Waals surface area (Å²) in [5.41, 5.74) is 1.79. The molecule has 1 atom stereocenters. The number of thioether (sulfide) groups is 1. The first-order valence-corrected chi connectivity index (χ1v) is 8.87. The highest BCUT2D eigenvalue weighted by atomic mass is 32.2. The number of hydrogen-bond acceptors (Lipinski definition) is 5. The van der Waals surface area contributed by atoms with Crippen LogP contribution in [0.25, 0.3) is 0 Å². The average Bonchev–Trinajstić information content (AvgIpc) is 2.62. The average molecular weight is 353 g/mol. The molecule has 5 nitrogen and oxygen atoms in total. The summed E-state index contributed by atoms with van der Waals surface area (Å²) in [5.74, 6) is -1.47. The zero-order valence-electron chi connectivity index (χ0n) is 13.5. The lowest BCUT2D eigenvalue weighted by atomic mass is 10.1. The molecule has 1 aliphatic heterocycles. The Hall–Kier alpha value is -2.60. The van der Waals surface area contributed by atoms with Gasteiger partial charge in [0.05, 0.1) is 16.9 Å². The topological polar surface area (TPSA) is 72.8 Å². The SMILES string of the molecule is O=C([O-])[C@@H]1CC(=O)N(CCc2ccccc2)C(=Nc2ccccc2)S1. The van der Waals surface area contributed by atoms with Crippen molar-refractivity contribution >= 4 is 34.5 Å². The molecule has 2 aromatic rings. The van der Waals surface area contributed by atoms with Crippen molar-refractivity contribution in [1.82, 2.24) is 4.90 Å². The van der Waals surface area contributed by atoms with Gasteiger partial charge in [-0.15, -0.1) is 0 Å². The fourth-order valence-corrected chi connectivity index (χ4v) is 3.60. The van der Waals surface area contributed by atoms with E-state index >= 15 is 0 Å². The van der Waals surface area contributed by atoms with E-state index in [-0.39, 0.29) is 12.3 Å². The zero-order valence-corrected chi connectivity index (χ0v) is 14.3. The summed E-state index contributed by atoms with van der Waals surface area (Å²) in [6.45, 7) is 0.460. The number of carbonyl (C=O) groups excluding carboxylic acids is 2. The van der Waals surface area contributed by atoms with Crippen LogP contribution in [0.3, 0.4) is 0 Å². The molecule has 1 saturated heterocycles. The van der Waals surface area contributed by atoms with Crippen LogP contribution < -0.4 is 5.11 Å². The number of rotatable bonds is 5. The Morgan fingerprint density at radius 3 is 2.40 bits per heavy atom. The minimum atomic E-state index is -1.23. The molecule has 1 heterocycles. The van der Waals surface area contributed by atoms with Crippen molar-refractivity contribution in [3.8, 4) is 0 Å². The van der Waals surface area contributed by atoms with Gasteiger partial charge in [-0.25, -0.2) is 4.99 Å². The van der Waals surface area contributed by atoms with Crippen LogP contribution in [-0.2, 0) is 16.0 Å². The predicted molar refractivity (Wildman–Crippen MR) is 96.4 cm³/mol. The second-order valence-corrected chi connectivity index (χ2v) is 6.81. The molecular formula is C19H17N2O3S-. The Morgan fingerprint density at radius 1 is 1.12 bits per heavy atom. The molecule has 0 spiro atoms. The highest BCUT2D eigenvalue weighted by Gasteiger charge is 2.32. The van der Waals surface area contributed by atoms with Crippen LogP contribution in [-0.4, -0.2) is 33.7 Å². The normalized spacial score (nSPS) is 19.2. The number of carboxylic acid groups (broad SMARTS) is 1. The standard InChI is InChI=1S/C19H18N2O3S/c22-17-13-16(18(23)24)25-19(20-15-9-5-2-6-10-15)21(17)12-11-14-7-3-1-4-8-14/h1-10,16H,11-13H2,(H,23,24)/p-1/t16-/m0/s1. The number of aliphatic imine (C=N–C) groups is 1. The van der Waals surface area contributed by atoms with Gasteiger partial charge in [-0.2, -0.15) is 0 Å². The molecule has 1 fully saturated rings. The largest absolute Gasteiger partial charge is 0.549 e. The predicted octanol–water partition coefficient (Wildman–Crippen LogP) is 2.00. The summed E-state index contributed by atoms with van der Waals surface area (Å²) >= 11 is 1.07. The third kappa shape index (κ3) is 4.48. The van der Waals surface area contributed by atoms with Gasteiger partial charge in [-0.1, -0.05) is 60.3 Å². The van der Waals surface area contributed by atoms with E-state index in [0.29, 0.717) is 23.8 Å². The Kier molecular flexibility index (Phi) is 5.50. The third-order valence-corrected chi connectivity index (χ3v) is 5.02. The first kappa shape index (κ1) is 17.2. The fraction of sp³-hybridized carbons (Fsp3) is 0.211. The maximum atomic E-state index is 12.5. The van der Waals surface area contributed by atoms with Gasteiger partial charge in [0.15, 0.2) is 5.17 Å². The van der Waals surface area contributed by atoms with Crippen molar-refractivity contribution in [3.63, 3.8) is 0 Å². The van der Waals surface area contributed by atoms with Crippen LogP contribution in [0.1, 0.15) is 12.0 Å². The van der Waals surface area contributed by atoms with Crippen LogP contribution in [0.15, 0.2) is 65.7 Å². The number of carbonyl (C=O) groups is 2. The molecule has 128 valence electrons. The smallest absolute Gasteiger partial charge is 0.230 e. The van der Waals surface area contributed by atoms with Crippen LogP contribution in [0, 0.1) is 0 Å². The number of carboxylic acids is 1. The third-order valence-electron chi connectivity index (χ3n) is 3.85. The van der Waals surface area contributed by atoms with E-state index in [1.807, 2.05) is 60.7 Å². The van der Waals surface area contributed by atoms with Gasteiger partial charge in [-0.05, 0) is 24.1 Å². The van der Waals surface area contributed by atoms with E-state index < -0.39 is 11.2 Å². The number of aliphatic carboxylic acids is 1. The van der Waals surface area contributed by atoms with E-state index in [2.05, 4.69) is 4.99 Å². The van der Waals surface area contributed by atoms with E-state index in [1.165, 1.54) is 0 Å². The second kappa shape index (κ2) is 7.98. The molecular weight excluding hydrogens is 336 g/mol. The summed E-state index contributed by atoms with van der Waals surface area (Å²) in [7, 11) is 0. The molecule has 3 rings (SSSR count). The van der Waals surface area contributed by atoms with E-state index in [1.54, 1.807) is 4.90 Å². The summed E-state index contributed by atoms with van der Waals surface area (Å²) in [5, 5.41) is 10.7. The lowest BCUT2D eigenvalue weighted by Gasteiger charge is -2.32. The summed E-state index contributed by atoms with van der Waals surface area (Å²) in [6.07, 6.45) is 0.604. The Bertz CT molecular complexity index is 778. The number of hydrogen-bond donors (Lipinski definition) is 0. The Labute approximate surface area is 150 Å². The molecule has 1 aliphatic rings.